The fourth-order valence-corrected chi connectivity index (χ4v) is 2.96. The van der Waals surface area contributed by atoms with Crippen LogP contribution in [0.4, 0.5) is 0 Å². The Morgan fingerprint density at radius 1 is 1.12 bits per heavy atom. The zero-order valence-electron chi connectivity index (χ0n) is 15.9. The molecule has 0 aliphatic carbocycles. The minimum Gasteiger partial charge on any atom is -0.346 e. The lowest BCUT2D eigenvalue weighted by Gasteiger charge is -2.19. The molecule has 5 heteroatoms. The van der Waals surface area contributed by atoms with Crippen LogP contribution in [-0.2, 0) is 16.6 Å². The van der Waals surface area contributed by atoms with Crippen molar-refractivity contribution in [1.82, 2.24) is 19.9 Å². The number of nitrogens with one attached hydrogen (secondary N) is 1. The third-order valence-corrected chi connectivity index (χ3v) is 4.57. The summed E-state index contributed by atoms with van der Waals surface area (Å²) in [6.45, 7) is 8.53. The molecule has 26 heavy (non-hydrogen) atoms. The summed E-state index contributed by atoms with van der Waals surface area (Å²) in [6, 6.07) is 14.1. The van der Waals surface area contributed by atoms with Crippen LogP contribution in [-0.4, -0.2) is 20.5 Å². The molecule has 0 saturated carbocycles. The first-order valence-electron chi connectivity index (χ1n) is 9.03. The standard InChI is InChI=1S/C21H26N4O/c1-15(20-24-23-18-7-5-6-14-25(18)20)22-19(26)13-10-16-8-11-17(12-9-16)21(2,3)4/h5-9,11-12,14-15H,10,13H2,1-4H3,(H,22,26). The van der Waals surface area contributed by atoms with Gasteiger partial charge in [-0.05, 0) is 42.0 Å². The smallest absolute Gasteiger partial charge is 0.220 e. The minimum absolute atomic E-state index is 0.0186. The number of fused-ring (bicyclic) bond motifs is 1. The van der Waals surface area contributed by atoms with Gasteiger partial charge >= 0.3 is 0 Å². The topological polar surface area (TPSA) is 59.3 Å². The Morgan fingerprint density at radius 3 is 2.54 bits per heavy atom. The second-order valence-corrected chi connectivity index (χ2v) is 7.72. The van der Waals surface area contributed by atoms with E-state index in [2.05, 4.69) is 60.6 Å². The highest BCUT2D eigenvalue weighted by atomic mass is 16.1. The van der Waals surface area contributed by atoms with Crippen LogP contribution in [0.15, 0.2) is 48.7 Å². The molecule has 5 nitrogen and oxygen atoms in total. The lowest BCUT2D eigenvalue weighted by Crippen LogP contribution is -2.28. The number of pyridine rings is 1. The lowest BCUT2D eigenvalue weighted by molar-refractivity contribution is -0.121. The Morgan fingerprint density at radius 2 is 1.85 bits per heavy atom. The summed E-state index contributed by atoms with van der Waals surface area (Å²) in [6.07, 6.45) is 3.09. The maximum Gasteiger partial charge on any atom is 0.220 e. The average molecular weight is 350 g/mol. The van der Waals surface area contributed by atoms with Crippen molar-refractivity contribution >= 4 is 11.6 Å². The lowest BCUT2D eigenvalue weighted by atomic mass is 9.86. The number of rotatable bonds is 5. The summed E-state index contributed by atoms with van der Waals surface area (Å²) >= 11 is 0. The summed E-state index contributed by atoms with van der Waals surface area (Å²) in [4.78, 5) is 12.3. The molecule has 0 saturated heterocycles. The van der Waals surface area contributed by atoms with Gasteiger partial charge in [0.2, 0.25) is 5.91 Å². The van der Waals surface area contributed by atoms with E-state index in [1.54, 1.807) is 0 Å². The molecule has 0 fully saturated rings. The van der Waals surface area contributed by atoms with Crippen molar-refractivity contribution in [2.45, 2.75) is 52.0 Å². The molecule has 136 valence electrons. The highest BCUT2D eigenvalue weighted by Gasteiger charge is 2.16. The van der Waals surface area contributed by atoms with Gasteiger partial charge in [-0.3, -0.25) is 9.20 Å². The molecule has 2 heterocycles. The number of aromatic nitrogens is 3. The van der Waals surface area contributed by atoms with Gasteiger partial charge in [-0.2, -0.15) is 0 Å². The van der Waals surface area contributed by atoms with Crippen LogP contribution in [0, 0.1) is 0 Å². The molecular weight excluding hydrogens is 324 g/mol. The molecule has 2 aromatic heterocycles. The maximum atomic E-state index is 12.3. The van der Waals surface area contributed by atoms with Crippen molar-refractivity contribution in [3.8, 4) is 0 Å². The maximum absolute atomic E-state index is 12.3. The summed E-state index contributed by atoms with van der Waals surface area (Å²) in [5.74, 6) is 0.758. The van der Waals surface area contributed by atoms with E-state index < -0.39 is 0 Å². The first kappa shape index (κ1) is 18.1. The predicted octanol–water partition coefficient (Wildman–Crippen LogP) is 3.84. The monoisotopic (exact) mass is 350 g/mol. The van der Waals surface area contributed by atoms with E-state index in [9.17, 15) is 4.79 Å². The second kappa shape index (κ2) is 7.28. The molecule has 1 N–H and O–H groups in total. The van der Waals surface area contributed by atoms with Crippen LogP contribution in [0.2, 0.25) is 0 Å². The zero-order chi connectivity index (χ0) is 18.7. The molecule has 0 spiro atoms. The van der Waals surface area contributed by atoms with Crippen molar-refractivity contribution in [3.63, 3.8) is 0 Å². The van der Waals surface area contributed by atoms with Crippen molar-refractivity contribution in [3.05, 3.63) is 65.6 Å². The molecular formula is C21H26N4O. The molecule has 0 radical (unpaired) electrons. The van der Waals surface area contributed by atoms with E-state index in [4.69, 9.17) is 0 Å². The third-order valence-electron chi connectivity index (χ3n) is 4.57. The van der Waals surface area contributed by atoms with Crippen LogP contribution in [0.1, 0.15) is 57.1 Å². The summed E-state index contributed by atoms with van der Waals surface area (Å²) in [5, 5.41) is 11.3. The van der Waals surface area contributed by atoms with Crippen LogP contribution in [0.3, 0.4) is 0 Å². The van der Waals surface area contributed by atoms with E-state index in [0.717, 1.165) is 17.9 Å². The average Bonchev–Trinajstić information content (AvgIpc) is 3.04. The molecule has 0 aliphatic rings. The first-order chi connectivity index (χ1) is 12.3. The van der Waals surface area contributed by atoms with E-state index in [0.29, 0.717) is 6.42 Å². The van der Waals surface area contributed by atoms with Crippen molar-refractivity contribution in [2.75, 3.05) is 0 Å². The molecule has 1 amide bonds. The van der Waals surface area contributed by atoms with Gasteiger partial charge in [-0.15, -0.1) is 10.2 Å². The summed E-state index contributed by atoms with van der Waals surface area (Å²) < 4.78 is 1.90. The fourth-order valence-electron chi connectivity index (χ4n) is 2.96. The number of hydrogen-bond donors (Lipinski definition) is 1. The Labute approximate surface area is 154 Å². The van der Waals surface area contributed by atoms with Gasteiger partial charge in [0.05, 0.1) is 6.04 Å². The summed E-state index contributed by atoms with van der Waals surface area (Å²) in [5.41, 5.74) is 3.40. The van der Waals surface area contributed by atoms with Crippen molar-refractivity contribution in [1.29, 1.82) is 0 Å². The van der Waals surface area contributed by atoms with Gasteiger partial charge in [-0.25, -0.2) is 0 Å². The Kier molecular flexibility index (Phi) is 5.07. The van der Waals surface area contributed by atoms with Gasteiger partial charge in [0, 0.05) is 12.6 Å². The normalized spacial score (nSPS) is 12.9. The molecule has 1 aromatic carbocycles. The quantitative estimate of drug-likeness (QED) is 0.760. The van der Waals surface area contributed by atoms with Crippen LogP contribution >= 0.6 is 0 Å². The van der Waals surface area contributed by atoms with E-state index in [1.165, 1.54) is 11.1 Å². The number of nitrogens with zero attached hydrogens (tertiary/aromatic N) is 3. The SMILES string of the molecule is CC(NC(=O)CCc1ccc(C(C)(C)C)cc1)c1nnc2ccccn12. The van der Waals surface area contributed by atoms with Gasteiger partial charge in [0.25, 0.3) is 0 Å². The fraction of sp³-hybridized carbons (Fsp3) is 0.381. The molecule has 0 bridgehead atoms. The van der Waals surface area contributed by atoms with Crippen LogP contribution < -0.4 is 5.32 Å². The molecule has 3 aromatic rings. The molecule has 1 atom stereocenters. The highest BCUT2D eigenvalue weighted by Crippen LogP contribution is 2.22. The zero-order valence-corrected chi connectivity index (χ0v) is 15.9. The van der Waals surface area contributed by atoms with Gasteiger partial charge in [0.1, 0.15) is 0 Å². The number of aryl methyl sites for hydroxylation is 1. The number of carbonyl (C=O) groups is 1. The van der Waals surface area contributed by atoms with Crippen molar-refractivity contribution < 1.29 is 4.79 Å². The van der Waals surface area contributed by atoms with E-state index >= 15 is 0 Å². The highest BCUT2D eigenvalue weighted by molar-refractivity contribution is 5.76. The minimum atomic E-state index is -0.192. The van der Waals surface area contributed by atoms with Gasteiger partial charge in [-0.1, -0.05) is 51.1 Å². The predicted molar refractivity (Wildman–Crippen MR) is 103 cm³/mol. The van der Waals surface area contributed by atoms with E-state index in [1.807, 2.05) is 35.7 Å². The van der Waals surface area contributed by atoms with Gasteiger partial charge in [0.15, 0.2) is 11.5 Å². The number of amides is 1. The molecule has 0 aliphatic heterocycles. The molecule has 3 rings (SSSR count). The van der Waals surface area contributed by atoms with Crippen molar-refractivity contribution in [2.24, 2.45) is 0 Å². The number of carbonyl (C=O) groups excluding carboxylic acids is 1. The second-order valence-electron chi connectivity index (χ2n) is 7.72. The van der Waals surface area contributed by atoms with E-state index in [-0.39, 0.29) is 17.4 Å². The van der Waals surface area contributed by atoms with Crippen LogP contribution in [0.5, 0.6) is 0 Å². The molecule has 1 unspecified atom stereocenters. The third kappa shape index (κ3) is 4.10. The Balaban J connectivity index is 1.57. The van der Waals surface area contributed by atoms with Gasteiger partial charge < -0.3 is 5.32 Å². The van der Waals surface area contributed by atoms with Crippen LogP contribution in [0.25, 0.3) is 5.65 Å². The number of hydrogen-bond acceptors (Lipinski definition) is 3. The first-order valence-corrected chi connectivity index (χ1v) is 9.03. The summed E-state index contributed by atoms with van der Waals surface area (Å²) in [7, 11) is 0. The number of benzene rings is 1. The Hall–Kier alpha value is -2.69. The Bertz CT molecular complexity index is 890. The largest absolute Gasteiger partial charge is 0.346 e.